The molecule has 0 spiro atoms. The van der Waals surface area contributed by atoms with Crippen molar-refractivity contribution in [3.63, 3.8) is 0 Å². The highest BCUT2D eigenvalue weighted by molar-refractivity contribution is 7.98. The monoisotopic (exact) mass is 186 g/mol. The molecule has 0 saturated carbocycles. The molecule has 0 fully saturated rings. The van der Waals surface area contributed by atoms with Crippen LogP contribution < -0.4 is 5.32 Å². The van der Waals surface area contributed by atoms with Gasteiger partial charge >= 0.3 is 0 Å². The lowest BCUT2D eigenvalue weighted by molar-refractivity contribution is 0.0951. The average molecular weight is 186 g/mol. The number of thioether (sulfide) groups is 1. The summed E-state index contributed by atoms with van der Waals surface area (Å²) in [5, 5.41) is 12.2. The second-order valence-corrected chi connectivity index (χ2v) is 3.09. The van der Waals surface area contributed by atoms with Gasteiger partial charge < -0.3 is 5.32 Å². The second kappa shape index (κ2) is 4.76. The molecule has 0 bridgehead atoms. The molecule has 0 unspecified atom stereocenters. The van der Waals surface area contributed by atoms with E-state index in [4.69, 9.17) is 0 Å². The second-order valence-electron chi connectivity index (χ2n) is 2.10. The Kier molecular flexibility index (Phi) is 3.59. The quantitative estimate of drug-likeness (QED) is 0.644. The fraction of sp³-hybridized carbons (Fsp3) is 0.500. The van der Waals surface area contributed by atoms with Crippen LogP contribution in [0.15, 0.2) is 6.20 Å². The smallest absolute Gasteiger partial charge is 0.273 e. The van der Waals surface area contributed by atoms with Crippen LogP contribution in [0.2, 0.25) is 0 Å². The third-order valence-corrected chi connectivity index (χ3v) is 1.85. The lowest BCUT2D eigenvalue weighted by atomic mass is 10.4. The van der Waals surface area contributed by atoms with Crippen LogP contribution in [0.3, 0.4) is 0 Å². The topological polar surface area (TPSA) is 70.7 Å². The van der Waals surface area contributed by atoms with E-state index in [0.717, 1.165) is 5.75 Å². The molecular weight excluding hydrogens is 176 g/mol. The van der Waals surface area contributed by atoms with E-state index in [1.54, 1.807) is 11.8 Å². The van der Waals surface area contributed by atoms with Crippen LogP contribution in [0.1, 0.15) is 10.5 Å². The Morgan fingerprint density at radius 2 is 2.67 bits per heavy atom. The number of amides is 1. The molecule has 0 aromatic carbocycles. The van der Waals surface area contributed by atoms with E-state index in [1.165, 1.54) is 6.20 Å². The van der Waals surface area contributed by atoms with Gasteiger partial charge in [0.25, 0.3) is 5.91 Å². The van der Waals surface area contributed by atoms with Gasteiger partial charge in [-0.2, -0.15) is 27.2 Å². The number of aromatic amines is 1. The number of carbonyl (C=O) groups is 1. The standard InChI is InChI=1S/C6H10N4OS/c1-12-3-2-7-6(11)5-4-8-10-9-5/h4H,2-3H2,1H3,(H,7,11)(H,8,9,10). The molecule has 1 amide bonds. The molecule has 6 heteroatoms. The molecule has 1 rings (SSSR count). The Morgan fingerprint density at radius 1 is 1.83 bits per heavy atom. The summed E-state index contributed by atoms with van der Waals surface area (Å²) in [7, 11) is 0. The first-order valence-electron chi connectivity index (χ1n) is 3.47. The summed E-state index contributed by atoms with van der Waals surface area (Å²) in [6.45, 7) is 0.660. The SMILES string of the molecule is CSCCNC(=O)c1cn[nH]n1. The molecule has 5 nitrogen and oxygen atoms in total. The summed E-state index contributed by atoms with van der Waals surface area (Å²) in [6, 6.07) is 0. The van der Waals surface area contributed by atoms with Crippen molar-refractivity contribution >= 4 is 17.7 Å². The minimum absolute atomic E-state index is 0.183. The molecule has 0 aliphatic carbocycles. The molecule has 0 saturated heterocycles. The average Bonchev–Trinajstić information content (AvgIpc) is 2.56. The van der Waals surface area contributed by atoms with Crippen molar-refractivity contribution in [1.82, 2.24) is 20.7 Å². The van der Waals surface area contributed by atoms with Crippen molar-refractivity contribution in [2.75, 3.05) is 18.6 Å². The van der Waals surface area contributed by atoms with Crippen LogP contribution in [0.5, 0.6) is 0 Å². The van der Waals surface area contributed by atoms with Crippen molar-refractivity contribution in [3.8, 4) is 0 Å². The maximum atomic E-state index is 11.1. The molecule has 2 N–H and O–H groups in total. The molecule has 1 aromatic heterocycles. The van der Waals surface area contributed by atoms with E-state index >= 15 is 0 Å². The zero-order chi connectivity index (χ0) is 8.81. The van der Waals surface area contributed by atoms with Gasteiger partial charge in [-0.15, -0.1) is 0 Å². The minimum atomic E-state index is -0.183. The van der Waals surface area contributed by atoms with Gasteiger partial charge in [0.1, 0.15) is 0 Å². The highest BCUT2D eigenvalue weighted by atomic mass is 32.2. The van der Waals surface area contributed by atoms with Gasteiger partial charge in [-0.05, 0) is 6.26 Å². The lowest BCUT2D eigenvalue weighted by Crippen LogP contribution is -2.25. The fourth-order valence-corrected chi connectivity index (χ4v) is 0.974. The molecule has 12 heavy (non-hydrogen) atoms. The number of aromatic nitrogens is 3. The van der Waals surface area contributed by atoms with Crippen molar-refractivity contribution < 1.29 is 4.79 Å². The summed E-state index contributed by atoms with van der Waals surface area (Å²) in [4.78, 5) is 11.1. The minimum Gasteiger partial charge on any atom is -0.350 e. The number of nitrogens with one attached hydrogen (secondary N) is 2. The Bertz CT molecular complexity index is 236. The zero-order valence-corrected chi connectivity index (χ0v) is 7.52. The predicted octanol–water partition coefficient (Wildman–Crippen LogP) is -0.103. The van der Waals surface area contributed by atoms with Crippen LogP contribution in [-0.2, 0) is 0 Å². The van der Waals surface area contributed by atoms with Crippen molar-refractivity contribution in [3.05, 3.63) is 11.9 Å². The number of nitrogens with zero attached hydrogens (tertiary/aromatic N) is 2. The number of hydrogen-bond acceptors (Lipinski definition) is 4. The van der Waals surface area contributed by atoms with Gasteiger partial charge in [-0.1, -0.05) is 0 Å². The lowest BCUT2D eigenvalue weighted by Gasteiger charge is -1.99. The van der Waals surface area contributed by atoms with E-state index in [1.807, 2.05) is 6.26 Å². The van der Waals surface area contributed by atoms with E-state index in [0.29, 0.717) is 12.2 Å². The number of hydrogen-bond donors (Lipinski definition) is 2. The first kappa shape index (κ1) is 9.05. The third-order valence-electron chi connectivity index (χ3n) is 1.24. The molecule has 1 heterocycles. The van der Waals surface area contributed by atoms with Crippen LogP contribution in [-0.4, -0.2) is 39.9 Å². The molecule has 0 aliphatic rings. The molecule has 0 radical (unpaired) electrons. The van der Waals surface area contributed by atoms with Crippen LogP contribution in [0, 0.1) is 0 Å². The molecular formula is C6H10N4OS. The van der Waals surface area contributed by atoms with Gasteiger partial charge in [-0.3, -0.25) is 4.79 Å². The van der Waals surface area contributed by atoms with Crippen molar-refractivity contribution in [2.24, 2.45) is 0 Å². The maximum Gasteiger partial charge on any atom is 0.273 e. The van der Waals surface area contributed by atoms with Crippen LogP contribution in [0.25, 0.3) is 0 Å². The summed E-state index contributed by atoms with van der Waals surface area (Å²) >= 11 is 1.68. The Morgan fingerprint density at radius 3 is 3.25 bits per heavy atom. The van der Waals surface area contributed by atoms with Gasteiger partial charge in [0.2, 0.25) is 0 Å². The molecule has 0 atom stereocenters. The highest BCUT2D eigenvalue weighted by Crippen LogP contribution is 1.90. The van der Waals surface area contributed by atoms with Gasteiger partial charge in [0.05, 0.1) is 6.20 Å². The molecule has 1 aromatic rings. The number of H-pyrrole nitrogens is 1. The van der Waals surface area contributed by atoms with Gasteiger partial charge in [0.15, 0.2) is 5.69 Å². The normalized spacial score (nSPS) is 9.75. The number of carbonyl (C=O) groups excluding carboxylic acids is 1. The fourth-order valence-electron chi connectivity index (χ4n) is 0.668. The summed E-state index contributed by atoms with van der Waals surface area (Å²) in [5.74, 6) is 0.724. The zero-order valence-electron chi connectivity index (χ0n) is 6.70. The highest BCUT2D eigenvalue weighted by Gasteiger charge is 2.05. The Hall–Kier alpha value is -1.04. The van der Waals surface area contributed by atoms with E-state index in [9.17, 15) is 4.79 Å². The van der Waals surface area contributed by atoms with Crippen molar-refractivity contribution in [2.45, 2.75) is 0 Å². The van der Waals surface area contributed by atoms with Gasteiger partial charge in [-0.25, -0.2) is 0 Å². The van der Waals surface area contributed by atoms with E-state index < -0.39 is 0 Å². The maximum absolute atomic E-state index is 11.1. The summed E-state index contributed by atoms with van der Waals surface area (Å²) < 4.78 is 0. The predicted molar refractivity (Wildman–Crippen MR) is 47.1 cm³/mol. The van der Waals surface area contributed by atoms with Gasteiger partial charge in [0, 0.05) is 12.3 Å². The van der Waals surface area contributed by atoms with E-state index in [-0.39, 0.29) is 5.91 Å². The Balaban J connectivity index is 2.30. The number of rotatable bonds is 4. The third kappa shape index (κ3) is 2.54. The Labute approximate surface area is 74.3 Å². The summed E-state index contributed by atoms with van der Waals surface area (Å²) in [6.07, 6.45) is 3.39. The van der Waals surface area contributed by atoms with E-state index in [2.05, 4.69) is 20.7 Å². The van der Waals surface area contributed by atoms with Crippen LogP contribution in [0.4, 0.5) is 0 Å². The molecule has 66 valence electrons. The first-order valence-corrected chi connectivity index (χ1v) is 4.87. The largest absolute Gasteiger partial charge is 0.350 e. The van der Waals surface area contributed by atoms with Crippen LogP contribution >= 0.6 is 11.8 Å². The van der Waals surface area contributed by atoms with Crippen molar-refractivity contribution in [1.29, 1.82) is 0 Å². The summed E-state index contributed by atoms with van der Waals surface area (Å²) in [5.41, 5.74) is 0.330. The first-order chi connectivity index (χ1) is 5.84. The molecule has 0 aliphatic heterocycles.